The molecule has 0 radical (unpaired) electrons. The number of piperidine rings is 2. The summed E-state index contributed by atoms with van der Waals surface area (Å²) in [5.41, 5.74) is 0.889. The lowest BCUT2D eigenvalue weighted by atomic mass is 9.53. The van der Waals surface area contributed by atoms with Gasteiger partial charge in [-0.3, -0.25) is 0 Å². The lowest BCUT2D eigenvalue weighted by Crippen LogP contribution is -2.98. The molecule has 3 aliphatic rings. The van der Waals surface area contributed by atoms with Crippen molar-refractivity contribution in [1.29, 1.82) is 0 Å². The Morgan fingerprint density at radius 1 is 0.469 bits per heavy atom. The highest BCUT2D eigenvalue weighted by molar-refractivity contribution is 7.08. The van der Waals surface area contributed by atoms with Crippen LogP contribution in [0.2, 0.25) is 39.3 Å². The van der Waals surface area contributed by atoms with E-state index in [0.29, 0.717) is 14.2 Å². The fraction of sp³-hybridized carbons (Fsp3) is 1.00. The van der Waals surface area contributed by atoms with Crippen molar-refractivity contribution in [2.75, 3.05) is 0 Å². The Kier molecular flexibility index (Phi) is 6.71. The van der Waals surface area contributed by atoms with Crippen molar-refractivity contribution in [2.45, 2.75) is 155 Å². The molecule has 3 aliphatic heterocycles. The molecule has 3 fully saturated rings. The third-order valence-corrected chi connectivity index (χ3v) is 12.8. The van der Waals surface area contributed by atoms with Crippen molar-refractivity contribution in [2.24, 2.45) is 0 Å². The van der Waals surface area contributed by atoms with Crippen molar-refractivity contribution in [1.82, 2.24) is 18.4 Å². The quantitative estimate of drug-likeness (QED) is 0.440. The van der Waals surface area contributed by atoms with Crippen molar-refractivity contribution in [3.8, 4) is 0 Å². The highest BCUT2D eigenvalue weighted by Crippen LogP contribution is 2.49. The molecule has 0 aromatic carbocycles. The van der Waals surface area contributed by atoms with Crippen LogP contribution in [0.15, 0.2) is 0 Å². The first-order valence-corrected chi connectivity index (χ1v) is 20.2. The minimum Gasteiger partial charge on any atom is -0.351 e. The van der Waals surface area contributed by atoms with Gasteiger partial charge in [-0.2, -0.15) is 0 Å². The van der Waals surface area contributed by atoms with E-state index >= 15 is 0 Å². The van der Waals surface area contributed by atoms with Gasteiger partial charge in [-0.15, -0.1) is 0 Å². The summed E-state index contributed by atoms with van der Waals surface area (Å²) in [6.45, 7) is 35.6. The van der Waals surface area contributed by atoms with Crippen LogP contribution in [-0.2, 0) is 0 Å². The summed E-state index contributed by atoms with van der Waals surface area (Å²) in [4.78, 5) is 5.92. The Balaban J connectivity index is 2.19. The molecule has 0 amide bonds. The van der Waals surface area contributed by atoms with E-state index in [1.807, 2.05) is 0 Å². The highest BCUT2D eigenvalue weighted by atomic mass is 28.3. The van der Waals surface area contributed by atoms with Gasteiger partial charge in [0.05, 0.1) is 0 Å². The van der Waals surface area contributed by atoms with Crippen LogP contribution in [0.25, 0.3) is 0 Å². The zero-order chi connectivity index (χ0) is 24.7. The molecule has 0 N–H and O–H groups in total. The molecule has 0 saturated carbocycles. The number of hydrogen-bond acceptors (Lipinski definition) is 4. The predicted molar refractivity (Wildman–Crippen MR) is 150 cm³/mol. The lowest BCUT2D eigenvalue weighted by Gasteiger charge is -2.74. The van der Waals surface area contributed by atoms with Crippen LogP contribution in [0.5, 0.6) is 0 Å². The average molecular weight is 477 g/mol. The van der Waals surface area contributed by atoms with Gasteiger partial charge in [-0.25, -0.2) is 0 Å². The van der Waals surface area contributed by atoms with Gasteiger partial charge in [0.15, 0.2) is 0 Å². The normalized spacial score (nSPS) is 29.8. The second-order valence-corrected chi connectivity index (χ2v) is 25.3. The van der Waals surface area contributed by atoms with E-state index in [9.17, 15) is 0 Å². The van der Waals surface area contributed by atoms with E-state index in [2.05, 4.69) is 113 Å². The van der Waals surface area contributed by atoms with Gasteiger partial charge in [0.25, 0.3) is 0 Å². The first-order chi connectivity index (χ1) is 14.1. The molecule has 0 aliphatic carbocycles. The van der Waals surface area contributed by atoms with E-state index < -0.39 is 16.5 Å². The Morgan fingerprint density at radius 3 is 0.875 bits per heavy atom. The van der Waals surface area contributed by atoms with Crippen molar-refractivity contribution >= 4 is 30.7 Å². The Bertz CT molecular complexity index is 612. The van der Waals surface area contributed by atoms with Gasteiger partial charge in [-0.05, 0) is 93.9 Å². The molecule has 0 atom stereocenters. The first-order valence-electron chi connectivity index (χ1n) is 13.3. The topological polar surface area (TPSA) is 13.0 Å². The van der Waals surface area contributed by atoms with Crippen LogP contribution in [0.4, 0.5) is 0 Å². The molecular weight excluding hydrogens is 422 g/mol. The predicted octanol–water partition coefficient (Wildman–Crippen LogP) is 6.33. The van der Waals surface area contributed by atoms with Gasteiger partial charge in [0.1, 0.15) is 16.5 Å². The summed E-state index contributed by atoms with van der Waals surface area (Å²) in [7, 11) is -2.36. The molecular formula is C24H54B2N4Si2. The van der Waals surface area contributed by atoms with Crippen molar-refractivity contribution in [3.63, 3.8) is 0 Å². The van der Waals surface area contributed by atoms with Crippen LogP contribution in [0.3, 0.4) is 0 Å². The molecule has 3 saturated heterocycles. The van der Waals surface area contributed by atoms with Crippen LogP contribution < -0.4 is 0 Å². The van der Waals surface area contributed by atoms with E-state index in [1.165, 1.54) is 38.5 Å². The second kappa shape index (κ2) is 7.96. The van der Waals surface area contributed by atoms with Gasteiger partial charge in [-0.1, -0.05) is 39.3 Å². The molecule has 184 valence electrons. The Hall–Kier alpha value is 0.404. The van der Waals surface area contributed by atoms with Crippen LogP contribution >= 0.6 is 0 Å². The number of hydrogen-bond donors (Lipinski definition) is 0. The molecule has 0 bridgehead atoms. The second-order valence-electron chi connectivity index (χ2n) is 15.5. The molecule has 0 spiro atoms. The van der Waals surface area contributed by atoms with Gasteiger partial charge in [0, 0.05) is 22.2 Å². The minimum atomic E-state index is -1.61. The largest absolute Gasteiger partial charge is 0.371 e. The third-order valence-electron chi connectivity index (χ3n) is 8.77. The fourth-order valence-corrected chi connectivity index (χ4v) is 11.6. The zero-order valence-corrected chi connectivity index (χ0v) is 26.2. The third kappa shape index (κ3) is 4.50. The Labute approximate surface area is 204 Å². The molecule has 3 heterocycles. The summed E-state index contributed by atoms with van der Waals surface area (Å²) in [6.07, 6.45) is 7.90. The Morgan fingerprint density at radius 2 is 0.688 bits per heavy atom. The lowest BCUT2D eigenvalue weighted by molar-refractivity contribution is 0.0173. The maximum atomic E-state index is 3.04. The zero-order valence-electron chi connectivity index (χ0n) is 24.2. The molecule has 8 heteroatoms. The van der Waals surface area contributed by atoms with Gasteiger partial charge >= 0.3 is 14.2 Å². The number of nitrogens with zero attached hydrogens (tertiary/aromatic N) is 4. The SMILES string of the molecule is CC1(C)CCCC(C)(C)N1B1N([Si](C)(C)C)B(N2C(C)(C)CCCC2(C)C)N1[Si](C)(C)C. The fourth-order valence-electron chi connectivity index (χ4n) is 7.60. The van der Waals surface area contributed by atoms with Crippen LogP contribution in [-0.4, -0.2) is 71.3 Å². The minimum absolute atomic E-state index is 0.222. The van der Waals surface area contributed by atoms with E-state index in [0.717, 1.165) is 0 Å². The molecule has 32 heavy (non-hydrogen) atoms. The molecule has 0 aromatic heterocycles. The molecule has 3 rings (SSSR count). The summed E-state index contributed by atoms with van der Waals surface area (Å²) >= 11 is 0. The van der Waals surface area contributed by atoms with E-state index in [4.69, 9.17) is 0 Å². The molecule has 0 aromatic rings. The summed E-state index contributed by atoms with van der Waals surface area (Å²) in [6, 6.07) is 0. The summed E-state index contributed by atoms with van der Waals surface area (Å²) in [5.74, 6) is 0. The first kappa shape index (κ1) is 27.0. The van der Waals surface area contributed by atoms with E-state index in [1.54, 1.807) is 0 Å². The van der Waals surface area contributed by atoms with Gasteiger partial charge in [0.2, 0.25) is 0 Å². The standard InChI is InChI=1S/C24H54B2N4Si2/c1-21(2)17-15-18-22(3,4)27(21)25-29(31(9,10)11)26(30(25)32(12,13)14)28-23(5,6)19-16-20-24(28,7)8/h15-20H2,1-14H3. The van der Waals surface area contributed by atoms with Crippen LogP contribution in [0.1, 0.15) is 93.9 Å². The monoisotopic (exact) mass is 476 g/mol. The summed E-state index contributed by atoms with van der Waals surface area (Å²) in [5, 5.41) is 0. The van der Waals surface area contributed by atoms with Crippen molar-refractivity contribution < 1.29 is 0 Å². The van der Waals surface area contributed by atoms with E-state index in [-0.39, 0.29) is 22.2 Å². The molecule has 4 nitrogen and oxygen atoms in total. The molecule has 0 unspecified atom stereocenters. The average Bonchev–Trinajstić information content (AvgIpc) is 2.46. The van der Waals surface area contributed by atoms with Crippen molar-refractivity contribution in [3.05, 3.63) is 0 Å². The summed E-state index contributed by atoms with van der Waals surface area (Å²) < 4.78 is 6.07. The maximum Gasteiger partial charge on any atom is 0.371 e. The van der Waals surface area contributed by atoms with Gasteiger partial charge < -0.3 is 18.4 Å². The maximum absolute atomic E-state index is 3.04. The highest BCUT2D eigenvalue weighted by Gasteiger charge is 2.70. The number of rotatable bonds is 4. The van der Waals surface area contributed by atoms with Crippen LogP contribution in [0, 0.1) is 0 Å². The smallest absolute Gasteiger partial charge is 0.351 e.